The second kappa shape index (κ2) is 3.17. The molecule has 1 aromatic rings. The monoisotopic (exact) mass is 172 g/mol. The van der Waals surface area contributed by atoms with Gasteiger partial charge in [-0.1, -0.05) is 43.3 Å². The Balaban J connectivity index is 2.29. The third kappa shape index (κ3) is 1.42. The van der Waals surface area contributed by atoms with E-state index in [1.54, 1.807) is 6.08 Å². The SMILES string of the molecule is CC1C(=O)C=CC1c1ccccc1. The van der Waals surface area contributed by atoms with E-state index in [2.05, 4.69) is 12.1 Å². The van der Waals surface area contributed by atoms with E-state index in [-0.39, 0.29) is 17.6 Å². The van der Waals surface area contributed by atoms with Crippen LogP contribution in [0.2, 0.25) is 0 Å². The first-order valence-corrected chi connectivity index (χ1v) is 4.56. The highest BCUT2D eigenvalue weighted by Gasteiger charge is 2.26. The maximum atomic E-state index is 11.3. The summed E-state index contributed by atoms with van der Waals surface area (Å²) in [6.45, 7) is 1.99. The van der Waals surface area contributed by atoms with Gasteiger partial charge >= 0.3 is 0 Å². The molecule has 2 unspecified atom stereocenters. The van der Waals surface area contributed by atoms with Crippen LogP contribution < -0.4 is 0 Å². The molecule has 0 heterocycles. The molecule has 0 amide bonds. The molecule has 0 N–H and O–H groups in total. The molecule has 1 heteroatoms. The first-order valence-electron chi connectivity index (χ1n) is 4.56. The van der Waals surface area contributed by atoms with Crippen LogP contribution in [-0.2, 0) is 4.79 Å². The third-order valence-corrected chi connectivity index (χ3v) is 2.64. The molecule has 0 fully saturated rings. The van der Waals surface area contributed by atoms with Crippen LogP contribution in [0.1, 0.15) is 18.4 Å². The fourth-order valence-corrected chi connectivity index (χ4v) is 1.77. The minimum atomic E-state index is 0.113. The number of hydrogen-bond acceptors (Lipinski definition) is 1. The summed E-state index contributed by atoms with van der Waals surface area (Å²) in [6, 6.07) is 10.2. The van der Waals surface area contributed by atoms with Crippen molar-refractivity contribution in [2.45, 2.75) is 12.8 Å². The normalized spacial score (nSPS) is 26.7. The van der Waals surface area contributed by atoms with Gasteiger partial charge in [0.2, 0.25) is 0 Å². The molecule has 0 radical (unpaired) electrons. The average Bonchev–Trinajstić information content (AvgIpc) is 2.49. The fraction of sp³-hybridized carbons (Fsp3) is 0.250. The number of ketones is 1. The highest BCUT2D eigenvalue weighted by molar-refractivity contribution is 5.95. The van der Waals surface area contributed by atoms with E-state index >= 15 is 0 Å². The molecule has 0 aromatic heterocycles. The van der Waals surface area contributed by atoms with Crippen molar-refractivity contribution < 1.29 is 4.79 Å². The van der Waals surface area contributed by atoms with Gasteiger partial charge in [-0.2, -0.15) is 0 Å². The molecule has 1 aliphatic rings. The van der Waals surface area contributed by atoms with Crippen LogP contribution in [0.5, 0.6) is 0 Å². The second-order valence-electron chi connectivity index (χ2n) is 3.49. The predicted octanol–water partition coefficient (Wildman–Crippen LogP) is 2.55. The van der Waals surface area contributed by atoms with Gasteiger partial charge in [0.25, 0.3) is 0 Å². The van der Waals surface area contributed by atoms with E-state index in [4.69, 9.17) is 0 Å². The Morgan fingerprint density at radius 2 is 1.85 bits per heavy atom. The van der Waals surface area contributed by atoms with Gasteiger partial charge in [-0.25, -0.2) is 0 Å². The van der Waals surface area contributed by atoms with Crippen LogP contribution in [0.25, 0.3) is 0 Å². The number of rotatable bonds is 1. The summed E-state index contributed by atoms with van der Waals surface area (Å²) < 4.78 is 0. The van der Waals surface area contributed by atoms with Gasteiger partial charge in [0.15, 0.2) is 5.78 Å². The summed E-state index contributed by atoms with van der Waals surface area (Å²) in [7, 11) is 0. The lowest BCUT2D eigenvalue weighted by atomic mass is 9.90. The predicted molar refractivity (Wildman–Crippen MR) is 52.5 cm³/mol. The Morgan fingerprint density at radius 3 is 2.38 bits per heavy atom. The van der Waals surface area contributed by atoms with Gasteiger partial charge in [0, 0.05) is 11.8 Å². The van der Waals surface area contributed by atoms with Crippen molar-refractivity contribution in [1.82, 2.24) is 0 Å². The average molecular weight is 172 g/mol. The van der Waals surface area contributed by atoms with E-state index in [1.807, 2.05) is 31.2 Å². The molecule has 2 atom stereocenters. The summed E-state index contributed by atoms with van der Waals surface area (Å²) in [6.07, 6.45) is 3.70. The molecule has 1 aliphatic carbocycles. The van der Waals surface area contributed by atoms with Crippen molar-refractivity contribution >= 4 is 5.78 Å². The van der Waals surface area contributed by atoms with Crippen molar-refractivity contribution in [2.75, 3.05) is 0 Å². The lowest BCUT2D eigenvalue weighted by molar-refractivity contribution is -0.117. The quantitative estimate of drug-likeness (QED) is 0.636. The Kier molecular flexibility index (Phi) is 2.01. The molecule has 2 rings (SSSR count). The maximum Gasteiger partial charge on any atom is 0.159 e. The Morgan fingerprint density at radius 1 is 1.15 bits per heavy atom. The smallest absolute Gasteiger partial charge is 0.159 e. The van der Waals surface area contributed by atoms with E-state index in [9.17, 15) is 4.79 Å². The molecule has 0 aliphatic heterocycles. The number of carbonyl (C=O) groups is 1. The van der Waals surface area contributed by atoms with E-state index in [0.717, 1.165) is 0 Å². The van der Waals surface area contributed by atoms with Crippen LogP contribution in [0.4, 0.5) is 0 Å². The minimum Gasteiger partial charge on any atom is -0.295 e. The van der Waals surface area contributed by atoms with Crippen LogP contribution in [0.3, 0.4) is 0 Å². The summed E-state index contributed by atoms with van der Waals surface area (Å²) in [5.74, 6) is 0.643. The lowest BCUT2D eigenvalue weighted by Crippen LogP contribution is -2.09. The first-order chi connectivity index (χ1) is 6.29. The zero-order chi connectivity index (χ0) is 9.26. The summed E-state index contributed by atoms with van der Waals surface area (Å²) in [5.41, 5.74) is 1.23. The highest BCUT2D eigenvalue weighted by Crippen LogP contribution is 2.31. The van der Waals surface area contributed by atoms with Gasteiger partial charge < -0.3 is 0 Å². The van der Waals surface area contributed by atoms with E-state index in [1.165, 1.54) is 5.56 Å². The Labute approximate surface area is 78.1 Å². The van der Waals surface area contributed by atoms with Gasteiger partial charge in [0.1, 0.15) is 0 Å². The Hall–Kier alpha value is -1.37. The third-order valence-electron chi connectivity index (χ3n) is 2.64. The molecule has 1 aromatic carbocycles. The van der Waals surface area contributed by atoms with Crippen LogP contribution in [-0.4, -0.2) is 5.78 Å². The maximum absolute atomic E-state index is 11.3. The minimum absolute atomic E-state index is 0.113. The molecule has 1 nitrogen and oxygen atoms in total. The van der Waals surface area contributed by atoms with Crippen molar-refractivity contribution in [2.24, 2.45) is 5.92 Å². The topological polar surface area (TPSA) is 17.1 Å². The summed E-state index contributed by atoms with van der Waals surface area (Å²) >= 11 is 0. The molecule has 13 heavy (non-hydrogen) atoms. The molecule has 0 saturated carbocycles. The zero-order valence-corrected chi connectivity index (χ0v) is 7.60. The van der Waals surface area contributed by atoms with Crippen molar-refractivity contribution in [3.05, 3.63) is 48.0 Å². The number of carbonyl (C=O) groups excluding carboxylic acids is 1. The molecule has 0 bridgehead atoms. The summed E-state index contributed by atoms with van der Waals surface area (Å²) in [5, 5.41) is 0. The summed E-state index contributed by atoms with van der Waals surface area (Å²) in [4.78, 5) is 11.3. The Bertz CT molecular complexity index is 337. The van der Waals surface area contributed by atoms with Gasteiger partial charge in [-0.3, -0.25) is 4.79 Å². The largest absolute Gasteiger partial charge is 0.295 e. The lowest BCUT2D eigenvalue weighted by Gasteiger charge is -2.13. The molecule has 0 saturated heterocycles. The van der Waals surface area contributed by atoms with Crippen LogP contribution >= 0.6 is 0 Å². The molecule has 66 valence electrons. The van der Waals surface area contributed by atoms with Crippen molar-refractivity contribution in [3.8, 4) is 0 Å². The van der Waals surface area contributed by atoms with E-state index < -0.39 is 0 Å². The van der Waals surface area contributed by atoms with Crippen molar-refractivity contribution in [3.63, 3.8) is 0 Å². The molecule has 0 spiro atoms. The van der Waals surface area contributed by atoms with Gasteiger partial charge in [-0.05, 0) is 11.6 Å². The van der Waals surface area contributed by atoms with Crippen molar-refractivity contribution in [1.29, 1.82) is 0 Å². The highest BCUT2D eigenvalue weighted by atomic mass is 16.1. The molecular weight excluding hydrogens is 160 g/mol. The van der Waals surface area contributed by atoms with Crippen LogP contribution in [0.15, 0.2) is 42.5 Å². The first kappa shape index (κ1) is 8.24. The van der Waals surface area contributed by atoms with Gasteiger partial charge in [0.05, 0.1) is 0 Å². The van der Waals surface area contributed by atoms with Crippen LogP contribution in [0, 0.1) is 5.92 Å². The number of hydrogen-bond donors (Lipinski definition) is 0. The fourth-order valence-electron chi connectivity index (χ4n) is 1.77. The standard InChI is InChI=1S/C12H12O/c1-9-11(7-8-12(9)13)10-5-3-2-4-6-10/h2-9,11H,1H3. The zero-order valence-electron chi connectivity index (χ0n) is 7.60. The number of benzene rings is 1. The second-order valence-corrected chi connectivity index (χ2v) is 3.49. The number of allylic oxidation sites excluding steroid dienone is 2. The van der Waals surface area contributed by atoms with Gasteiger partial charge in [-0.15, -0.1) is 0 Å². The van der Waals surface area contributed by atoms with E-state index in [0.29, 0.717) is 0 Å². The molecular formula is C12H12O.